The minimum Gasteiger partial charge on any atom is -0.390 e. The summed E-state index contributed by atoms with van der Waals surface area (Å²) in [5, 5.41) is 16.4. The lowest BCUT2D eigenvalue weighted by Gasteiger charge is -2.41. The Bertz CT molecular complexity index is 1270. The van der Waals surface area contributed by atoms with Crippen molar-refractivity contribution in [3.63, 3.8) is 0 Å². The number of hydrogen-bond acceptors (Lipinski definition) is 4. The zero-order valence-electron chi connectivity index (χ0n) is 21.5. The monoisotopic (exact) mass is 530 g/mol. The number of carbonyl (C=O) groups is 2. The molecule has 2 heterocycles. The predicted octanol–water partition coefficient (Wildman–Crippen LogP) is 5.49. The van der Waals surface area contributed by atoms with Gasteiger partial charge in [0, 0.05) is 24.1 Å². The van der Waals surface area contributed by atoms with Gasteiger partial charge in [0.2, 0.25) is 5.91 Å². The number of ketones is 1. The van der Waals surface area contributed by atoms with Crippen molar-refractivity contribution in [2.24, 2.45) is 11.3 Å². The van der Waals surface area contributed by atoms with Gasteiger partial charge in [0.25, 0.3) is 0 Å². The number of rotatable bonds is 5. The highest BCUT2D eigenvalue weighted by Gasteiger charge is 2.66. The molecule has 0 aromatic heterocycles. The zero-order chi connectivity index (χ0) is 26.9. The van der Waals surface area contributed by atoms with E-state index in [1.165, 1.54) is 18.2 Å². The minimum absolute atomic E-state index is 0.0190. The van der Waals surface area contributed by atoms with Crippen molar-refractivity contribution in [1.82, 2.24) is 5.32 Å². The molecule has 8 heteroatoms. The number of anilines is 1. The summed E-state index contributed by atoms with van der Waals surface area (Å²) in [6, 6.07) is 7.39. The van der Waals surface area contributed by atoms with E-state index < -0.39 is 40.7 Å². The molecule has 1 aliphatic carbocycles. The van der Waals surface area contributed by atoms with Crippen LogP contribution < -0.4 is 10.6 Å². The van der Waals surface area contributed by atoms with Crippen LogP contribution in [0.15, 0.2) is 36.4 Å². The smallest absolute Gasteiger partial charge is 0.237 e. The Morgan fingerprint density at radius 2 is 1.89 bits per heavy atom. The Balaban J connectivity index is 1.69. The van der Waals surface area contributed by atoms with E-state index in [0.29, 0.717) is 30.5 Å². The van der Waals surface area contributed by atoms with Gasteiger partial charge in [-0.2, -0.15) is 0 Å². The van der Waals surface area contributed by atoms with Crippen LogP contribution in [0.4, 0.5) is 14.5 Å². The Hall–Kier alpha value is -2.35. The second-order valence-corrected chi connectivity index (χ2v) is 12.9. The third-order valence-electron chi connectivity index (χ3n) is 8.23. The Morgan fingerprint density at radius 3 is 2.54 bits per heavy atom. The van der Waals surface area contributed by atoms with Crippen molar-refractivity contribution in [2.45, 2.75) is 82.4 Å². The molecule has 4 atom stereocenters. The lowest BCUT2D eigenvalue weighted by Crippen LogP contribution is -2.49. The Labute approximate surface area is 221 Å². The van der Waals surface area contributed by atoms with Crippen LogP contribution in [0.5, 0.6) is 0 Å². The van der Waals surface area contributed by atoms with Gasteiger partial charge in [0.15, 0.2) is 5.78 Å². The number of amides is 1. The van der Waals surface area contributed by atoms with E-state index in [-0.39, 0.29) is 40.0 Å². The molecule has 0 unspecified atom stereocenters. The molecule has 5 rings (SSSR count). The molecular formula is C29H33ClF2N2O3. The fourth-order valence-electron chi connectivity index (χ4n) is 6.94. The van der Waals surface area contributed by atoms with Gasteiger partial charge < -0.3 is 15.7 Å². The highest BCUT2D eigenvalue weighted by Crippen LogP contribution is 2.57. The molecule has 3 N–H and O–H groups in total. The normalized spacial score (nSPS) is 32.8. The van der Waals surface area contributed by atoms with E-state index in [1.54, 1.807) is 25.1 Å². The lowest BCUT2D eigenvalue weighted by atomic mass is 9.61. The topological polar surface area (TPSA) is 78.4 Å². The van der Waals surface area contributed by atoms with Crippen molar-refractivity contribution >= 4 is 29.0 Å². The molecule has 198 valence electrons. The van der Waals surface area contributed by atoms with Crippen molar-refractivity contribution in [3.05, 3.63) is 64.2 Å². The van der Waals surface area contributed by atoms with Gasteiger partial charge in [0.1, 0.15) is 17.0 Å². The molecule has 1 saturated carbocycles. The maximum Gasteiger partial charge on any atom is 0.237 e. The standard InChI is InChI=1S/C29H33ClF2N2O3/c1-27(2,3)14-22-29(18-9-8-16(31)11-20(18)33-26(29)36)23(17-6-5-7-19(30)24(17)32)25(34-22)21(35)10-15-12-28(4,37)13-15/h5-9,11,15,22-23,25,34,37H,10,12-14H2,1-4H3,(H,33,36)/t15?,22-,23+,25+,28?,29+/m1/s1. The molecular weight excluding hydrogens is 498 g/mol. The molecule has 0 radical (unpaired) electrons. The van der Waals surface area contributed by atoms with Gasteiger partial charge in [-0.3, -0.25) is 9.59 Å². The van der Waals surface area contributed by atoms with Crippen LogP contribution in [-0.4, -0.2) is 34.5 Å². The maximum atomic E-state index is 15.7. The minimum atomic E-state index is -1.35. The number of nitrogens with one attached hydrogen (secondary N) is 2. The highest BCUT2D eigenvalue weighted by atomic mass is 35.5. The fraction of sp³-hybridized carbons (Fsp3) is 0.517. The molecule has 0 bridgehead atoms. The van der Waals surface area contributed by atoms with Crippen molar-refractivity contribution in [1.29, 1.82) is 0 Å². The summed E-state index contributed by atoms with van der Waals surface area (Å²) in [7, 11) is 0. The van der Waals surface area contributed by atoms with E-state index in [2.05, 4.69) is 10.6 Å². The van der Waals surface area contributed by atoms with Crippen molar-refractivity contribution < 1.29 is 23.5 Å². The number of Topliss-reactive ketones (excluding diaryl/α,β-unsaturated/α-hetero) is 1. The predicted molar refractivity (Wildman–Crippen MR) is 139 cm³/mol. The maximum absolute atomic E-state index is 15.7. The summed E-state index contributed by atoms with van der Waals surface area (Å²) in [6.07, 6.45) is 1.75. The highest BCUT2D eigenvalue weighted by molar-refractivity contribution is 6.30. The third-order valence-corrected chi connectivity index (χ3v) is 8.52. The van der Waals surface area contributed by atoms with Crippen molar-refractivity contribution in [3.8, 4) is 0 Å². The number of aliphatic hydroxyl groups is 1. The summed E-state index contributed by atoms with van der Waals surface area (Å²) in [4.78, 5) is 27.9. The van der Waals surface area contributed by atoms with E-state index in [1.807, 2.05) is 20.8 Å². The summed E-state index contributed by atoms with van der Waals surface area (Å²) in [5.41, 5.74) is -1.31. The number of fused-ring (bicyclic) bond motifs is 2. The van der Waals surface area contributed by atoms with Crippen LogP contribution in [0.2, 0.25) is 5.02 Å². The van der Waals surface area contributed by atoms with Crippen LogP contribution in [0, 0.1) is 23.0 Å². The Kier molecular flexibility index (Phi) is 6.29. The Morgan fingerprint density at radius 1 is 1.19 bits per heavy atom. The molecule has 2 aromatic rings. The number of hydrogen-bond donors (Lipinski definition) is 3. The molecule has 2 aromatic carbocycles. The molecule has 37 heavy (non-hydrogen) atoms. The first-order valence-electron chi connectivity index (χ1n) is 12.8. The van der Waals surface area contributed by atoms with Crippen LogP contribution in [-0.2, 0) is 15.0 Å². The molecule has 3 aliphatic rings. The number of benzene rings is 2. The summed E-state index contributed by atoms with van der Waals surface area (Å²) in [6.45, 7) is 7.88. The van der Waals surface area contributed by atoms with E-state index in [9.17, 15) is 19.1 Å². The molecule has 5 nitrogen and oxygen atoms in total. The second kappa shape index (κ2) is 8.85. The average Bonchev–Trinajstić information content (AvgIpc) is 3.23. The van der Waals surface area contributed by atoms with Gasteiger partial charge in [-0.25, -0.2) is 8.78 Å². The SMILES string of the molecule is CC(C)(C)C[C@H]1N[C@@H](C(=O)CC2CC(C)(O)C2)[C@H](c2cccc(Cl)c2F)[C@@]12C(=O)Nc1cc(F)ccc12. The van der Waals surface area contributed by atoms with E-state index in [0.717, 1.165) is 0 Å². The van der Waals surface area contributed by atoms with Gasteiger partial charge in [-0.05, 0) is 66.8 Å². The van der Waals surface area contributed by atoms with Gasteiger partial charge in [-0.15, -0.1) is 0 Å². The second-order valence-electron chi connectivity index (χ2n) is 12.5. The quantitative estimate of drug-likeness (QED) is 0.478. The van der Waals surface area contributed by atoms with Gasteiger partial charge in [-0.1, -0.05) is 50.6 Å². The van der Waals surface area contributed by atoms with Crippen LogP contribution >= 0.6 is 11.6 Å². The van der Waals surface area contributed by atoms with Gasteiger partial charge in [0.05, 0.1) is 16.7 Å². The zero-order valence-corrected chi connectivity index (χ0v) is 22.3. The fourth-order valence-corrected chi connectivity index (χ4v) is 7.13. The first kappa shape index (κ1) is 26.3. The molecule has 1 amide bonds. The number of halogens is 3. The molecule has 2 aliphatic heterocycles. The summed E-state index contributed by atoms with van der Waals surface area (Å²) in [5.74, 6) is -2.57. The largest absolute Gasteiger partial charge is 0.390 e. The lowest BCUT2D eigenvalue weighted by molar-refractivity contribution is -0.126. The third kappa shape index (κ3) is 4.39. The first-order chi connectivity index (χ1) is 17.2. The van der Waals surface area contributed by atoms with Crippen molar-refractivity contribution in [2.75, 3.05) is 5.32 Å². The molecule has 2 fully saturated rings. The van der Waals surface area contributed by atoms with Crippen LogP contribution in [0.3, 0.4) is 0 Å². The first-order valence-corrected chi connectivity index (χ1v) is 13.2. The molecule has 1 spiro atoms. The van der Waals surface area contributed by atoms with Gasteiger partial charge >= 0.3 is 0 Å². The van der Waals surface area contributed by atoms with E-state index >= 15 is 4.39 Å². The summed E-state index contributed by atoms with van der Waals surface area (Å²) < 4.78 is 29.9. The summed E-state index contributed by atoms with van der Waals surface area (Å²) >= 11 is 6.20. The van der Waals surface area contributed by atoms with Crippen LogP contribution in [0.25, 0.3) is 0 Å². The number of carbonyl (C=O) groups excluding carboxylic acids is 2. The molecule has 1 saturated heterocycles. The van der Waals surface area contributed by atoms with Crippen LogP contribution in [0.1, 0.15) is 70.4 Å². The average molecular weight is 531 g/mol. The van der Waals surface area contributed by atoms with E-state index in [4.69, 9.17) is 11.6 Å².